The lowest BCUT2D eigenvalue weighted by atomic mass is 11.0. The van der Waals surface area contributed by atoms with Crippen molar-refractivity contribution in [3.05, 3.63) is 0 Å². The number of nitrogens with zero attached hydrogens (tertiary/aromatic N) is 2. The molecule has 0 aliphatic rings. The zero-order valence-electron chi connectivity index (χ0n) is 3.88. The van der Waals surface area contributed by atoms with E-state index < -0.39 is 6.35 Å². The van der Waals surface area contributed by atoms with Crippen LogP contribution < -0.4 is 0 Å². The van der Waals surface area contributed by atoms with E-state index in [2.05, 4.69) is 15.0 Å². The van der Waals surface area contributed by atoms with Crippen molar-refractivity contribution in [3.8, 4) is 0 Å². The second kappa shape index (κ2) is 3.35. The van der Waals surface area contributed by atoms with Crippen molar-refractivity contribution in [3.63, 3.8) is 0 Å². The SMILES string of the molecule is COC(N=N)N=N. The second-order valence-electron chi connectivity index (χ2n) is 0.820. The Labute approximate surface area is 40.7 Å². The van der Waals surface area contributed by atoms with Crippen LogP contribution in [0, 0.1) is 11.1 Å². The van der Waals surface area contributed by atoms with Gasteiger partial charge in [0.1, 0.15) is 0 Å². The van der Waals surface area contributed by atoms with E-state index in [-0.39, 0.29) is 0 Å². The van der Waals surface area contributed by atoms with Crippen molar-refractivity contribution >= 4 is 0 Å². The zero-order chi connectivity index (χ0) is 5.70. The fraction of sp³-hybridized carbons (Fsp3) is 1.00. The molecule has 0 unspecified atom stereocenters. The highest BCUT2D eigenvalue weighted by atomic mass is 16.5. The van der Waals surface area contributed by atoms with Crippen molar-refractivity contribution in [2.75, 3.05) is 7.11 Å². The summed E-state index contributed by atoms with van der Waals surface area (Å²) in [5, 5.41) is 5.60. The molecule has 0 amide bonds. The Morgan fingerprint density at radius 3 is 1.86 bits per heavy atom. The van der Waals surface area contributed by atoms with Crippen molar-refractivity contribution in [2.24, 2.45) is 10.2 Å². The first-order chi connectivity index (χ1) is 3.35. The minimum Gasteiger partial charge on any atom is -0.339 e. The minimum atomic E-state index is -0.931. The van der Waals surface area contributed by atoms with Gasteiger partial charge in [0.15, 0.2) is 0 Å². The number of ether oxygens (including phenoxy) is 1. The lowest BCUT2D eigenvalue weighted by Crippen LogP contribution is -1.98. The average molecular weight is 102 g/mol. The summed E-state index contributed by atoms with van der Waals surface area (Å²) in [6.07, 6.45) is -0.931. The van der Waals surface area contributed by atoms with Crippen LogP contribution in [0.2, 0.25) is 0 Å². The molecule has 0 radical (unpaired) electrons. The van der Waals surface area contributed by atoms with Gasteiger partial charge in [-0.25, -0.2) is 11.1 Å². The predicted molar refractivity (Wildman–Crippen MR) is 21.1 cm³/mol. The van der Waals surface area contributed by atoms with Crippen LogP contribution in [0.15, 0.2) is 10.2 Å². The summed E-state index contributed by atoms with van der Waals surface area (Å²) < 4.78 is 4.34. The number of nitrogens with one attached hydrogen (secondary N) is 2. The standard InChI is InChI=1S/C2H6N4O/c1-7-2(5-3)6-4/h2-4H,1H3. The van der Waals surface area contributed by atoms with E-state index >= 15 is 0 Å². The molecule has 5 nitrogen and oxygen atoms in total. The Morgan fingerprint density at radius 2 is 1.86 bits per heavy atom. The van der Waals surface area contributed by atoms with Crippen LogP contribution in [-0.4, -0.2) is 13.5 Å². The van der Waals surface area contributed by atoms with E-state index in [1.54, 1.807) is 0 Å². The third-order valence-electron chi connectivity index (χ3n) is 0.432. The fourth-order valence-corrected chi connectivity index (χ4v) is 0.134. The van der Waals surface area contributed by atoms with Gasteiger partial charge < -0.3 is 4.74 Å². The molecule has 0 spiro atoms. The first-order valence-electron chi connectivity index (χ1n) is 1.61. The van der Waals surface area contributed by atoms with Gasteiger partial charge in [-0.3, -0.25) is 0 Å². The van der Waals surface area contributed by atoms with Gasteiger partial charge >= 0.3 is 0 Å². The molecule has 0 atom stereocenters. The van der Waals surface area contributed by atoms with Crippen molar-refractivity contribution in [2.45, 2.75) is 6.35 Å². The molecular weight excluding hydrogens is 96.0 g/mol. The molecule has 0 aliphatic heterocycles. The average Bonchev–Trinajstić information content (AvgIpc) is 1.72. The van der Waals surface area contributed by atoms with Crippen LogP contribution in [-0.2, 0) is 4.74 Å². The van der Waals surface area contributed by atoms with Crippen LogP contribution in [0.4, 0.5) is 0 Å². The summed E-state index contributed by atoms with van der Waals surface area (Å²) >= 11 is 0. The second-order valence-corrected chi connectivity index (χ2v) is 0.820. The van der Waals surface area contributed by atoms with Crippen molar-refractivity contribution < 1.29 is 4.74 Å². The van der Waals surface area contributed by atoms with E-state index in [9.17, 15) is 0 Å². The summed E-state index contributed by atoms with van der Waals surface area (Å²) in [7, 11) is 1.33. The molecule has 0 aliphatic carbocycles. The molecule has 0 saturated heterocycles. The molecule has 40 valence electrons. The Morgan fingerprint density at radius 1 is 1.43 bits per heavy atom. The number of hydrogen-bond donors (Lipinski definition) is 2. The maximum Gasteiger partial charge on any atom is 0.281 e. The third kappa shape index (κ3) is 1.94. The topological polar surface area (TPSA) is 81.7 Å². The number of methoxy groups -OCH3 is 1. The van der Waals surface area contributed by atoms with Crippen LogP contribution in [0.3, 0.4) is 0 Å². The van der Waals surface area contributed by atoms with E-state index in [1.807, 2.05) is 0 Å². The zero-order valence-corrected chi connectivity index (χ0v) is 3.88. The molecule has 0 aromatic rings. The van der Waals surface area contributed by atoms with Crippen molar-refractivity contribution in [1.29, 1.82) is 11.1 Å². The lowest BCUT2D eigenvalue weighted by Gasteiger charge is -1.94. The Bertz CT molecular complexity index is 64.1. The minimum absolute atomic E-state index is 0.931. The van der Waals surface area contributed by atoms with Crippen LogP contribution in [0.1, 0.15) is 0 Å². The van der Waals surface area contributed by atoms with Crippen molar-refractivity contribution in [1.82, 2.24) is 0 Å². The normalized spacial score (nSPS) is 12.7. The number of hydrogen-bond acceptors (Lipinski definition) is 5. The summed E-state index contributed by atoms with van der Waals surface area (Å²) in [6, 6.07) is 0. The maximum atomic E-state index is 6.25. The lowest BCUT2D eigenvalue weighted by molar-refractivity contribution is 0.101. The van der Waals surface area contributed by atoms with E-state index in [4.69, 9.17) is 11.1 Å². The summed E-state index contributed by atoms with van der Waals surface area (Å²) in [5.74, 6) is 0. The first kappa shape index (κ1) is 6.16. The van der Waals surface area contributed by atoms with E-state index in [0.717, 1.165) is 0 Å². The summed E-state index contributed by atoms with van der Waals surface area (Å²) in [6.45, 7) is 0. The van der Waals surface area contributed by atoms with Gasteiger partial charge in [0, 0.05) is 7.11 Å². The molecule has 7 heavy (non-hydrogen) atoms. The van der Waals surface area contributed by atoms with Crippen LogP contribution in [0.25, 0.3) is 0 Å². The van der Waals surface area contributed by atoms with Gasteiger partial charge in [-0.2, -0.15) is 0 Å². The first-order valence-corrected chi connectivity index (χ1v) is 1.61. The highest BCUT2D eigenvalue weighted by molar-refractivity contribution is 4.31. The van der Waals surface area contributed by atoms with Gasteiger partial charge in [0.25, 0.3) is 6.35 Å². The molecular formula is C2H6N4O. The quantitative estimate of drug-likeness (QED) is 0.511. The highest BCUT2D eigenvalue weighted by Crippen LogP contribution is 1.89. The van der Waals surface area contributed by atoms with Gasteiger partial charge in [-0.15, -0.1) is 10.2 Å². The van der Waals surface area contributed by atoms with Crippen LogP contribution >= 0.6 is 0 Å². The highest BCUT2D eigenvalue weighted by Gasteiger charge is 1.94. The molecule has 0 saturated carbocycles. The van der Waals surface area contributed by atoms with E-state index in [0.29, 0.717) is 0 Å². The van der Waals surface area contributed by atoms with Crippen LogP contribution in [0.5, 0.6) is 0 Å². The molecule has 0 fully saturated rings. The van der Waals surface area contributed by atoms with Gasteiger partial charge in [-0.1, -0.05) is 0 Å². The molecule has 2 N–H and O–H groups in total. The smallest absolute Gasteiger partial charge is 0.281 e. The Kier molecular flexibility index (Phi) is 2.95. The Hall–Kier alpha value is -0.840. The summed E-state index contributed by atoms with van der Waals surface area (Å²) in [5.41, 5.74) is 12.5. The van der Waals surface area contributed by atoms with Gasteiger partial charge in [0.2, 0.25) is 0 Å². The monoisotopic (exact) mass is 102 g/mol. The van der Waals surface area contributed by atoms with E-state index in [1.165, 1.54) is 7.11 Å². The predicted octanol–water partition coefficient (Wildman–Crippen LogP) is 0.978. The summed E-state index contributed by atoms with van der Waals surface area (Å²) in [4.78, 5) is 0. The van der Waals surface area contributed by atoms with Gasteiger partial charge in [-0.05, 0) is 0 Å². The molecule has 0 aromatic carbocycles. The molecule has 0 heterocycles. The molecule has 0 rings (SSSR count). The maximum absolute atomic E-state index is 6.25. The third-order valence-corrected chi connectivity index (χ3v) is 0.432. The molecule has 0 bridgehead atoms. The number of rotatable bonds is 3. The Balaban J connectivity index is 3.36. The van der Waals surface area contributed by atoms with Gasteiger partial charge in [0.05, 0.1) is 0 Å². The molecule has 0 aromatic heterocycles. The fourth-order valence-electron chi connectivity index (χ4n) is 0.134. The largest absolute Gasteiger partial charge is 0.339 e. The molecule has 5 heteroatoms.